The van der Waals surface area contributed by atoms with Crippen LogP contribution in [0.2, 0.25) is 0 Å². The summed E-state index contributed by atoms with van der Waals surface area (Å²) in [6, 6.07) is 12.2. The first-order valence-corrected chi connectivity index (χ1v) is 8.13. The van der Waals surface area contributed by atoms with Crippen LogP contribution in [0.1, 0.15) is 5.56 Å². The fourth-order valence-electron chi connectivity index (χ4n) is 2.88. The van der Waals surface area contributed by atoms with E-state index >= 15 is 0 Å². The highest BCUT2D eigenvalue weighted by Crippen LogP contribution is 2.25. The predicted octanol–water partition coefficient (Wildman–Crippen LogP) is 2.08. The Morgan fingerprint density at radius 1 is 1.07 bits per heavy atom. The van der Waals surface area contributed by atoms with Crippen molar-refractivity contribution in [2.24, 2.45) is 0 Å². The molecule has 0 atom stereocenters. The van der Waals surface area contributed by atoms with Gasteiger partial charge in [0.2, 0.25) is 5.58 Å². The van der Waals surface area contributed by atoms with E-state index in [2.05, 4.69) is 4.98 Å². The number of rotatable bonds is 5. The number of hydrogen-bond acceptors (Lipinski definition) is 6. The molecule has 0 radical (unpaired) electrons. The second kappa shape index (κ2) is 6.56. The van der Waals surface area contributed by atoms with Crippen LogP contribution in [0.3, 0.4) is 0 Å². The Morgan fingerprint density at radius 2 is 1.89 bits per heavy atom. The predicted molar refractivity (Wildman–Crippen MR) is 98.4 cm³/mol. The molecule has 0 aliphatic carbocycles. The Hall–Kier alpha value is -3.68. The van der Waals surface area contributed by atoms with Gasteiger partial charge in [-0.05, 0) is 24.3 Å². The number of ether oxygens (including phenoxy) is 2. The normalized spacial score (nSPS) is 11.0. The van der Waals surface area contributed by atoms with Crippen molar-refractivity contribution in [1.29, 1.82) is 0 Å². The minimum atomic E-state index is -0.688. The van der Waals surface area contributed by atoms with Crippen molar-refractivity contribution in [3.63, 3.8) is 0 Å². The zero-order chi connectivity index (χ0) is 19.0. The summed E-state index contributed by atoms with van der Waals surface area (Å²) >= 11 is 0. The van der Waals surface area contributed by atoms with Crippen molar-refractivity contribution >= 4 is 22.1 Å². The van der Waals surface area contributed by atoms with Crippen molar-refractivity contribution < 1.29 is 18.7 Å². The number of methoxy groups -OCH3 is 2. The summed E-state index contributed by atoms with van der Waals surface area (Å²) in [6.45, 7) is -0.0537. The van der Waals surface area contributed by atoms with Crippen molar-refractivity contribution in [3.8, 4) is 11.5 Å². The number of H-pyrrole nitrogens is 1. The lowest BCUT2D eigenvalue weighted by molar-refractivity contribution is 0.0785. The number of aromatic nitrogens is 2. The number of para-hydroxylation sites is 1. The quantitative estimate of drug-likeness (QED) is 0.579. The second-order valence-corrected chi connectivity index (χ2v) is 5.78. The van der Waals surface area contributed by atoms with Crippen LogP contribution >= 0.6 is 0 Å². The Morgan fingerprint density at radius 3 is 2.67 bits per heavy atom. The number of nitrogens with one attached hydrogen (secondary N) is 1. The molecular weight excluding hydrogens is 352 g/mol. The van der Waals surface area contributed by atoms with Gasteiger partial charge in [-0.25, -0.2) is 4.79 Å². The van der Waals surface area contributed by atoms with E-state index in [0.717, 1.165) is 0 Å². The van der Waals surface area contributed by atoms with Crippen molar-refractivity contribution in [3.05, 3.63) is 68.9 Å². The molecule has 0 amide bonds. The fourth-order valence-corrected chi connectivity index (χ4v) is 2.88. The molecule has 8 heteroatoms. The van der Waals surface area contributed by atoms with E-state index in [1.54, 1.807) is 49.6 Å². The molecule has 138 valence electrons. The average molecular weight is 368 g/mol. The van der Waals surface area contributed by atoms with E-state index in [-0.39, 0.29) is 12.2 Å². The fraction of sp³-hybridized carbons (Fsp3) is 0.158. The molecule has 2 aromatic carbocycles. The summed E-state index contributed by atoms with van der Waals surface area (Å²) in [5, 5.41) is 0.658. The van der Waals surface area contributed by atoms with Gasteiger partial charge in [0.1, 0.15) is 29.2 Å². The summed E-state index contributed by atoms with van der Waals surface area (Å²) in [7, 11) is 3.06. The van der Waals surface area contributed by atoms with Gasteiger partial charge < -0.3 is 23.7 Å². The molecule has 0 spiro atoms. The molecule has 4 aromatic rings. The molecule has 27 heavy (non-hydrogen) atoms. The molecule has 0 fully saturated rings. The summed E-state index contributed by atoms with van der Waals surface area (Å²) in [6.07, 6.45) is 0. The van der Waals surface area contributed by atoms with E-state index in [1.807, 2.05) is 0 Å². The largest absolute Gasteiger partial charge is 0.497 e. The number of hydrogen-bond donors (Lipinski definition) is 1. The molecule has 0 bridgehead atoms. The Bertz CT molecular complexity index is 1250. The highest BCUT2D eigenvalue weighted by atomic mass is 16.7. The molecule has 0 saturated heterocycles. The van der Waals surface area contributed by atoms with Crippen LogP contribution in [0, 0.1) is 0 Å². The van der Waals surface area contributed by atoms with Gasteiger partial charge in [-0.15, -0.1) is 0 Å². The molecule has 2 heterocycles. The Balaban J connectivity index is 1.74. The lowest BCUT2D eigenvalue weighted by Crippen LogP contribution is -2.39. The van der Waals surface area contributed by atoms with Gasteiger partial charge in [0.05, 0.1) is 14.2 Å². The van der Waals surface area contributed by atoms with Crippen LogP contribution in [-0.4, -0.2) is 23.9 Å². The van der Waals surface area contributed by atoms with E-state index in [0.29, 0.717) is 38.3 Å². The highest BCUT2D eigenvalue weighted by Gasteiger charge is 2.16. The van der Waals surface area contributed by atoms with Crippen LogP contribution in [0.4, 0.5) is 0 Å². The van der Waals surface area contributed by atoms with E-state index < -0.39 is 11.2 Å². The molecule has 0 aliphatic heterocycles. The smallest absolute Gasteiger partial charge is 0.362 e. The first-order chi connectivity index (χ1) is 13.1. The molecule has 4 rings (SSSR count). The van der Waals surface area contributed by atoms with Gasteiger partial charge in [0.25, 0.3) is 0 Å². The third-order valence-electron chi connectivity index (χ3n) is 4.23. The molecule has 0 saturated carbocycles. The topological polar surface area (TPSA) is 95.7 Å². The molecule has 2 aromatic heterocycles. The number of benzene rings is 2. The molecule has 8 nitrogen and oxygen atoms in total. The standard InChI is InChI=1S/C19H16N2O6/c1-24-12-8-7-11(15(9-12)25-2)10-26-21-18(22)17-16(20-19(21)23)13-5-3-4-6-14(13)27-17/h3-9H,10H2,1-2H3,(H,20,23). The Labute approximate surface area is 152 Å². The maximum absolute atomic E-state index is 12.7. The first kappa shape index (κ1) is 16.8. The van der Waals surface area contributed by atoms with Crippen LogP contribution in [0.5, 0.6) is 11.5 Å². The molecular formula is C19H16N2O6. The third-order valence-corrected chi connectivity index (χ3v) is 4.23. The number of nitrogens with zero attached hydrogens (tertiary/aromatic N) is 1. The minimum absolute atomic E-state index is 0.0255. The lowest BCUT2D eigenvalue weighted by atomic mass is 10.2. The van der Waals surface area contributed by atoms with E-state index in [9.17, 15) is 9.59 Å². The maximum Gasteiger partial charge on any atom is 0.362 e. The van der Waals surface area contributed by atoms with Crippen molar-refractivity contribution in [2.75, 3.05) is 14.2 Å². The second-order valence-electron chi connectivity index (χ2n) is 5.78. The van der Waals surface area contributed by atoms with Gasteiger partial charge in [-0.2, -0.15) is 0 Å². The average Bonchev–Trinajstić information content (AvgIpc) is 3.06. The van der Waals surface area contributed by atoms with Crippen LogP contribution in [0.15, 0.2) is 56.5 Å². The zero-order valence-electron chi connectivity index (χ0n) is 14.6. The van der Waals surface area contributed by atoms with Crippen LogP contribution in [0.25, 0.3) is 22.1 Å². The van der Waals surface area contributed by atoms with Crippen molar-refractivity contribution in [1.82, 2.24) is 9.71 Å². The van der Waals surface area contributed by atoms with Gasteiger partial charge in [-0.1, -0.05) is 16.9 Å². The number of fused-ring (bicyclic) bond motifs is 3. The lowest BCUT2D eigenvalue weighted by Gasteiger charge is -2.11. The van der Waals surface area contributed by atoms with Gasteiger partial charge in [-0.3, -0.25) is 4.79 Å². The highest BCUT2D eigenvalue weighted by molar-refractivity contribution is 6.01. The van der Waals surface area contributed by atoms with E-state index in [1.165, 1.54) is 7.11 Å². The summed E-state index contributed by atoms with van der Waals surface area (Å²) in [4.78, 5) is 33.1. The van der Waals surface area contributed by atoms with Crippen LogP contribution in [-0.2, 0) is 6.61 Å². The maximum atomic E-state index is 12.7. The SMILES string of the molecule is COc1ccc(COn2c(=O)[nH]c3c(oc4ccccc43)c2=O)c(OC)c1. The van der Waals surface area contributed by atoms with Gasteiger partial charge in [0.15, 0.2) is 0 Å². The number of aromatic amines is 1. The first-order valence-electron chi connectivity index (χ1n) is 8.13. The summed E-state index contributed by atoms with van der Waals surface area (Å²) in [5.74, 6) is 1.14. The third kappa shape index (κ3) is 2.80. The molecule has 0 aliphatic rings. The van der Waals surface area contributed by atoms with E-state index in [4.69, 9.17) is 18.7 Å². The molecule has 0 unspecified atom stereocenters. The Kier molecular flexibility index (Phi) is 4.08. The summed E-state index contributed by atoms with van der Waals surface area (Å²) < 4.78 is 16.7. The monoisotopic (exact) mass is 368 g/mol. The number of furan rings is 1. The summed E-state index contributed by atoms with van der Waals surface area (Å²) in [5.41, 5.74) is 0.174. The van der Waals surface area contributed by atoms with Crippen molar-refractivity contribution in [2.45, 2.75) is 6.61 Å². The van der Waals surface area contributed by atoms with Gasteiger partial charge in [0, 0.05) is 17.0 Å². The van der Waals surface area contributed by atoms with Gasteiger partial charge >= 0.3 is 11.2 Å². The minimum Gasteiger partial charge on any atom is -0.497 e. The molecule has 1 N–H and O–H groups in total. The van der Waals surface area contributed by atoms with Crippen LogP contribution < -0.4 is 25.6 Å². The zero-order valence-corrected chi connectivity index (χ0v) is 14.6.